The lowest BCUT2D eigenvalue weighted by atomic mass is 9.85. The van der Waals surface area contributed by atoms with Gasteiger partial charge in [0.25, 0.3) is 0 Å². The van der Waals surface area contributed by atoms with E-state index in [9.17, 15) is 0 Å². The SMILES string of the molecule is CCC1CCC(Nc2nc(C)cn2C(C)COC)CC1. The molecule has 114 valence electrons. The summed E-state index contributed by atoms with van der Waals surface area (Å²) in [4.78, 5) is 4.64. The third-order valence-electron chi connectivity index (χ3n) is 4.49. The van der Waals surface area contributed by atoms with Gasteiger partial charge in [-0.25, -0.2) is 4.98 Å². The molecule has 4 heteroatoms. The summed E-state index contributed by atoms with van der Waals surface area (Å²) in [6.45, 7) is 7.24. The summed E-state index contributed by atoms with van der Waals surface area (Å²) >= 11 is 0. The Morgan fingerprint density at radius 3 is 2.70 bits per heavy atom. The first kappa shape index (κ1) is 15.4. The Bertz CT molecular complexity index is 408. The van der Waals surface area contributed by atoms with Crippen molar-refractivity contribution in [2.45, 2.75) is 65.0 Å². The first-order valence-corrected chi connectivity index (χ1v) is 7.95. The number of aryl methyl sites for hydroxylation is 1. The largest absolute Gasteiger partial charge is 0.383 e. The van der Waals surface area contributed by atoms with E-state index in [1.54, 1.807) is 7.11 Å². The van der Waals surface area contributed by atoms with Crippen LogP contribution >= 0.6 is 0 Å². The second-order valence-corrected chi connectivity index (χ2v) is 6.19. The maximum Gasteiger partial charge on any atom is 0.203 e. The molecule has 1 heterocycles. The van der Waals surface area contributed by atoms with Gasteiger partial charge in [0.05, 0.1) is 18.3 Å². The lowest BCUT2D eigenvalue weighted by Gasteiger charge is -2.29. The molecule has 2 rings (SSSR count). The summed E-state index contributed by atoms with van der Waals surface area (Å²) in [6, 6.07) is 0.892. The van der Waals surface area contributed by atoms with Crippen molar-refractivity contribution < 1.29 is 4.74 Å². The second-order valence-electron chi connectivity index (χ2n) is 6.19. The highest BCUT2D eigenvalue weighted by Crippen LogP contribution is 2.28. The zero-order chi connectivity index (χ0) is 14.5. The van der Waals surface area contributed by atoms with Crippen LogP contribution in [-0.4, -0.2) is 29.3 Å². The monoisotopic (exact) mass is 279 g/mol. The van der Waals surface area contributed by atoms with E-state index < -0.39 is 0 Å². The minimum Gasteiger partial charge on any atom is -0.383 e. The second kappa shape index (κ2) is 7.11. The van der Waals surface area contributed by atoms with E-state index in [4.69, 9.17) is 4.74 Å². The van der Waals surface area contributed by atoms with E-state index in [0.717, 1.165) is 17.6 Å². The van der Waals surface area contributed by atoms with Gasteiger partial charge in [-0.15, -0.1) is 0 Å². The molecule has 1 atom stereocenters. The smallest absolute Gasteiger partial charge is 0.203 e. The molecule has 0 aliphatic heterocycles. The summed E-state index contributed by atoms with van der Waals surface area (Å²) in [7, 11) is 1.75. The molecule has 0 amide bonds. The number of imidazole rings is 1. The predicted octanol–water partition coefficient (Wildman–Crippen LogP) is 3.78. The number of methoxy groups -OCH3 is 1. The molecule has 1 aliphatic rings. The summed E-state index contributed by atoms with van der Waals surface area (Å²) < 4.78 is 7.48. The number of ether oxygens (including phenoxy) is 1. The van der Waals surface area contributed by atoms with Crippen LogP contribution in [0.3, 0.4) is 0 Å². The molecule has 1 aliphatic carbocycles. The fourth-order valence-corrected chi connectivity index (χ4v) is 3.18. The van der Waals surface area contributed by atoms with Gasteiger partial charge in [0.15, 0.2) is 0 Å². The van der Waals surface area contributed by atoms with Gasteiger partial charge in [0.1, 0.15) is 0 Å². The van der Waals surface area contributed by atoms with Crippen LogP contribution in [0.2, 0.25) is 0 Å². The summed E-state index contributed by atoms with van der Waals surface area (Å²) in [6.07, 6.45) is 8.67. The van der Waals surface area contributed by atoms with Crippen molar-refractivity contribution in [1.82, 2.24) is 9.55 Å². The van der Waals surface area contributed by atoms with E-state index in [2.05, 4.69) is 41.8 Å². The topological polar surface area (TPSA) is 39.1 Å². The van der Waals surface area contributed by atoms with E-state index >= 15 is 0 Å². The van der Waals surface area contributed by atoms with Crippen LogP contribution in [0.4, 0.5) is 5.95 Å². The number of anilines is 1. The summed E-state index contributed by atoms with van der Waals surface area (Å²) in [5, 5.41) is 3.65. The van der Waals surface area contributed by atoms with E-state index in [1.165, 1.54) is 32.1 Å². The Morgan fingerprint density at radius 1 is 1.40 bits per heavy atom. The highest BCUT2D eigenvalue weighted by molar-refractivity contribution is 5.31. The van der Waals surface area contributed by atoms with Gasteiger partial charge in [-0.1, -0.05) is 13.3 Å². The van der Waals surface area contributed by atoms with Crippen molar-refractivity contribution in [1.29, 1.82) is 0 Å². The molecule has 0 radical (unpaired) electrons. The minimum absolute atomic E-state index is 0.315. The maximum absolute atomic E-state index is 5.26. The number of aromatic nitrogens is 2. The average Bonchev–Trinajstić information content (AvgIpc) is 2.81. The van der Waals surface area contributed by atoms with E-state index in [1.807, 2.05) is 0 Å². The average molecular weight is 279 g/mol. The fraction of sp³-hybridized carbons (Fsp3) is 0.812. The maximum atomic E-state index is 5.26. The number of nitrogens with one attached hydrogen (secondary N) is 1. The van der Waals surface area contributed by atoms with Crippen molar-refractivity contribution in [3.05, 3.63) is 11.9 Å². The molecular formula is C16H29N3O. The van der Waals surface area contributed by atoms with Crippen LogP contribution < -0.4 is 5.32 Å². The summed E-state index contributed by atoms with van der Waals surface area (Å²) in [5.74, 6) is 1.94. The Labute approximate surface area is 122 Å². The number of hydrogen-bond acceptors (Lipinski definition) is 3. The Balaban J connectivity index is 1.99. The molecule has 1 fully saturated rings. The van der Waals surface area contributed by atoms with Crippen molar-refractivity contribution in [2.75, 3.05) is 19.0 Å². The molecule has 1 N–H and O–H groups in total. The lowest BCUT2D eigenvalue weighted by Crippen LogP contribution is -2.28. The molecule has 0 saturated heterocycles. The third-order valence-corrected chi connectivity index (χ3v) is 4.49. The molecule has 0 spiro atoms. The van der Waals surface area contributed by atoms with Crippen molar-refractivity contribution in [3.8, 4) is 0 Å². The van der Waals surface area contributed by atoms with Gasteiger partial charge in [-0.2, -0.15) is 0 Å². The Hall–Kier alpha value is -1.03. The first-order valence-electron chi connectivity index (χ1n) is 7.95. The molecule has 0 aromatic carbocycles. The molecule has 4 nitrogen and oxygen atoms in total. The quantitative estimate of drug-likeness (QED) is 0.861. The molecule has 1 aromatic rings. The van der Waals surface area contributed by atoms with Gasteiger partial charge in [0.2, 0.25) is 5.95 Å². The minimum atomic E-state index is 0.315. The van der Waals surface area contributed by atoms with Gasteiger partial charge in [-0.05, 0) is 45.4 Å². The van der Waals surface area contributed by atoms with Crippen LogP contribution in [-0.2, 0) is 4.74 Å². The molecule has 1 unspecified atom stereocenters. The van der Waals surface area contributed by atoms with Gasteiger partial charge in [0, 0.05) is 19.3 Å². The predicted molar refractivity (Wildman–Crippen MR) is 83.2 cm³/mol. The van der Waals surface area contributed by atoms with Crippen molar-refractivity contribution >= 4 is 5.95 Å². The fourth-order valence-electron chi connectivity index (χ4n) is 3.18. The van der Waals surface area contributed by atoms with Gasteiger partial charge < -0.3 is 14.6 Å². The molecule has 1 saturated carbocycles. The van der Waals surface area contributed by atoms with Crippen LogP contribution in [0.5, 0.6) is 0 Å². The summed E-state index contributed by atoms with van der Waals surface area (Å²) in [5.41, 5.74) is 1.07. The Morgan fingerprint density at radius 2 is 2.10 bits per heavy atom. The van der Waals surface area contributed by atoms with E-state index in [-0.39, 0.29) is 0 Å². The van der Waals surface area contributed by atoms with Crippen LogP contribution in [0.15, 0.2) is 6.20 Å². The highest BCUT2D eigenvalue weighted by Gasteiger charge is 2.22. The van der Waals surface area contributed by atoms with Crippen molar-refractivity contribution in [3.63, 3.8) is 0 Å². The lowest BCUT2D eigenvalue weighted by molar-refractivity contribution is 0.163. The van der Waals surface area contributed by atoms with Crippen LogP contribution in [0.1, 0.15) is 57.7 Å². The highest BCUT2D eigenvalue weighted by atomic mass is 16.5. The Kier molecular flexibility index (Phi) is 5.46. The number of rotatable bonds is 6. The van der Waals surface area contributed by atoms with Crippen LogP contribution in [0, 0.1) is 12.8 Å². The number of hydrogen-bond donors (Lipinski definition) is 1. The first-order chi connectivity index (χ1) is 9.63. The van der Waals surface area contributed by atoms with Gasteiger partial charge >= 0.3 is 0 Å². The number of nitrogens with zero attached hydrogens (tertiary/aromatic N) is 2. The zero-order valence-corrected chi connectivity index (χ0v) is 13.4. The van der Waals surface area contributed by atoms with Crippen LogP contribution in [0.25, 0.3) is 0 Å². The third kappa shape index (κ3) is 3.75. The van der Waals surface area contributed by atoms with Gasteiger partial charge in [-0.3, -0.25) is 0 Å². The van der Waals surface area contributed by atoms with E-state index in [0.29, 0.717) is 18.7 Å². The van der Waals surface area contributed by atoms with Crippen molar-refractivity contribution in [2.24, 2.45) is 5.92 Å². The molecular weight excluding hydrogens is 250 g/mol. The molecule has 0 bridgehead atoms. The normalized spacial score (nSPS) is 24.6. The zero-order valence-electron chi connectivity index (χ0n) is 13.4. The molecule has 1 aromatic heterocycles. The standard InChI is InChI=1S/C16H29N3O/c1-5-14-6-8-15(9-7-14)18-16-17-12(2)10-19(16)13(3)11-20-4/h10,13-15H,5-9,11H2,1-4H3,(H,17,18). The molecule has 20 heavy (non-hydrogen) atoms.